The first-order chi connectivity index (χ1) is 13.8. The average molecular weight is 418 g/mol. The number of nitrogens with one attached hydrogen (secondary N) is 2. The number of carboxylic acid groups (broad SMARTS) is 1. The van der Waals surface area contributed by atoms with Gasteiger partial charge in [0.2, 0.25) is 0 Å². The number of anilines is 2. The molecule has 0 atom stereocenters. The second-order valence-corrected chi connectivity index (χ2v) is 6.39. The summed E-state index contributed by atoms with van der Waals surface area (Å²) in [5, 5.41) is 14.5. The summed E-state index contributed by atoms with van der Waals surface area (Å²) in [6, 6.07) is 7.38. The van der Waals surface area contributed by atoms with Gasteiger partial charge in [-0.1, -0.05) is 24.6 Å². The van der Waals surface area contributed by atoms with Crippen LogP contribution in [0.2, 0.25) is 5.02 Å². The van der Waals surface area contributed by atoms with E-state index in [1.807, 2.05) is 6.92 Å². The Hall–Kier alpha value is -3.39. The van der Waals surface area contributed by atoms with Crippen LogP contribution in [0.3, 0.4) is 0 Å². The van der Waals surface area contributed by atoms with Gasteiger partial charge in [0, 0.05) is 11.8 Å². The Morgan fingerprint density at radius 2 is 1.97 bits per heavy atom. The van der Waals surface area contributed by atoms with Crippen molar-refractivity contribution in [1.82, 2.24) is 4.98 Å². The molecule has 9 heteroatoms. The number of aromatic nitrogens is 1. The molecule has 0 aliphatic heterocycles. The van der Waals surface area contributed by atoms with Gasteiger partial charge in [-0.15, -0.1) is 0 Å². The first-order valence-corrected chi connectivity index (χ1v) is 9.07. The van der Waals surface area contributed by atoms with Crippen LogP contribution in [0.4, 0.5) is 11.5 Å². The van der Waals surface area contributed by atoms with Crippen molar-refractivity contribution >= 4 is 40.9 Å². The third kappa shape index (κ3) is 6.62. The lowest BCUT2D eigenvalue weighted by Gasteiger charge is -2.13. The van der Waals surface area contributed by atoms with Gasteiger partial charge < -0.3 is 20.5 Å². The maximum Gasteiger partial charge on any atom is 0.341 e. The smallest absolute Gasteiger partial charge is 0.341 e. The molecule has 1 aromatic heterocycles. The zero-order valence-electron chi connectivity index (χ0n) is 15.9. The van der Waals surface area contributed by atoms with Crippen molar-refractivity contribution in [2.75, 3.05) is 17.2 Å². The molecule has 3 N–H and O–H groups in total. The Morgan fingerprint density at radius 3 is 2.59 bits per heavy atom. The summed E-state index contributed by atoms with van der Waals surface area (Å²) in [4.78, 5) is 39.8. The van der Waals surface area contributed by atoms with Gasteiger partial charge in [-0.05, 0) is 43.7 Å². The van der Waals surface area contributed by atoms with Crippen molar-refractivity contribution in [3.63, 3.8) is 0 Å². The number of hydrogen-bond donors (Lipinski definition) is 3. The van der Waals surface area contributed by atoms with Crippen LogP contribution in [-0.2, 0) is 9.59 Å². The number of aliphatic carboxylic acids is 1. The number of carbonyl (C=O) groups is 3. The third-order valence-electron chi connectivity index (χ3n) is 3.68. The summed E-state index contributed by atoms with van der Waals surface area (Å²) in [5.41, 5.74) is 0.833. The second-order valence-electron chi connectivity index (χ2n) is 5.96. The molecule has 0 bridgehead atoms. The van der Waals surface area contributed by atoms with E-state index in [4.69, 9.17) is 21.4 Å². The number of ether oxygens (including phenoxy) is 1. The highest BCUT2D eigenvalue weighted by Gasteiger charge is 2.17. The molecule has 0 unspecified atom stereocenters. The summed E-state index contributed by atoms with van der Waals surface area (Å²) in [7, 11) is 0. The van der Waals surface area contributed by atoms with Crippen LogP contribution in [0, 0.1) is 0 Å². The highest BCUT2D eigenvalue weighted by atomic mass is 35.5. The molecule has 8 nitrogen and oxygen atoms in total. The van der Waals surface area contributed by atoms with Crippen molar-refractivity contribution in [2.45, 2.75) is 20.3 Å². The Morgan fingerprint density at radius 1 is 1.21 bits per heavy atom. The number of carboxylic acids is 1. The highest BCUT2D eigenvalue weighted by Crippen LogP contribution is 2.24. The van der Waals surface area contributed by atoms with Crippen LogP contribution < -0.4 is 15.4 Å². The topological polar surface area (TPSA) is 118 Å². The van der Waals surface area contributed by atoms with Gasteiger partial charge in [0.1, 0.15) is 11.6 Å². The fourth-order valence-electron chi connectivity index (χ4n) is 2.31. The van der Waals surface area contributed by atoms with Crippen LogP contribution in [0.25, 0.3) is 0 Å². The average Bonchev–Trinajstić information content (AvgIpc) is 2.68. The molecular weight excluding hydrogens is 398 g/mol. The maximum absolute atomic E-state index is 12.8. The second kappa shape index (κ2) is 10.2. The van der Waals surface area contributed by atoms with Crippen molar-refractivity contribution < 1.29 is 24.2 Å². The summed E-state index contributed by atoms with van der Waals surface area (Å²) < 4.78 is 5.13. The van der Waals surface area contributed by atoms with E-state index >= 15 is 0 Å². The molecule has 0 aliphatic carbocycles. The third-order valence-corrected chi connectivity index (χ3v) is 3.91. The fourth-order valence-corrected chi connectivity index (χ4v) is 2.42. The van der Waals surface area contributed by atoms with E-state index in [-0.39, 0.29) is 28.7 Å². The van der Waals surface area contributed by atoms with Crippen LogP contribution in [0.5, 0.6) is 5.75 Å². The summed E-state index contributed by atoms with van der Waals surface area (Å²) in [6.07, 6.45) is 3.83. The molecule has 0 fully saturated rings. The van der Waals surface area contributed by atoms with Gasteiger partial charge >= 0.3 is 5.97 Å². The van der Waals surface area contributed by atoms with E-state index < -0.39 is 18.5 Å². The maximum atomic E-state index is 12.8. The predicted octanol–water partition coefficient (Wildman–Crippen LogP) is 3.75. The zero-order chi connectivity index (χ0) is 21.4. The van der Waals surface area contributed by atoms with Crippen LogP contribution >= 0.6 is 11.6 Å². The van der Waals surface area contributed by atoms with Gasteiger partial charge in [0.25, 0.3) is 11.8 Å². The number of allylic oxidation sites excluding steroid dienone is 1. The molecule has 1 heterocycles. The summed E-state index contributed by atoms with van der Waals surface area (Å²) in [6.45, 7) is 3.01. The van der Waals surface area contributed by atoms with Gasteiger partial charge in [-0.2, -0.15) is 0 Å². The number of halogens is 1. The molecule has 0 saturated heterocycles. The van der Waals surface area contributed by atoms with E-state index in [1.165, 1.54) is 30.5 Å². The summed E-state index contributed by atoms with van der Waals surface area (Å²) in [5.74, 6) is -1.65. The number of carbonyl (C=O) groups excluding carboxylic acids is 2. The minimum atomic E-state index is -1.15. The van der Waals surface area contributed by atoms with E-state index in [2.05, 4.69) is 15.6 Å². The van der Waals surface area contributed by atoms with E-state index in [1.54, 1.807) is 19.1 Å². The van der Waals surface area contributed by atoms with E-state index in [0.29, 0.717) is 17.0 Å². The summed E-state index contributed by atoms with van der Waals surface area (Å²) >= 11 is 5.79. The van der Waals surface area contributed by atoms with E-state index in [0.717, 1.165) is 0 Å². The molecule has 0 aliphatic rings. The first kappa shape index (κ1) is 21.9. The van der Waals surface area contributed by atoms with Crippen LogP contribution in [0.1, 0.15) is 30.6 Å². The van der Waals surface area contributed by atoms with Crippen LogP contribution in [0.15, 0.2) is 48.2 Å². The predicted molar refractivity (Wildman–Crippen MR) is 109 cm³/mol. The number of nitrogens with zero attached hydrogens (tertiary/aromatic N) is 1. The minimum Gasteiger partial charge on any atom is -0.482 e. The molecule has 0 radical (unpaired) electrons. The molecule has 1 aromatic carbocycles. The highest BCUT2D eigenvalue weighted by molar-refractivity contribution is 6.30. The standard InChI is InChI=1S/C20H20ClN3O5/c1-3-4-12(2)19(27)23-16-7-6-14(29-11-18(25)26)9-15(16)20(28)24-17-8-5-13(21)10-22-17/h4-10H,3,11H2,1-2H3,(H,23,27)(H,25,26)(H,22,24,28)/b12-4+. The minimum absolute atomic E-state index is 0.0855. The quantitative estimate of drug-likeness (QED) is 0.563. The Bertz CT molecular complexity index is 942. The molecule has 29 heavy (non-hydrogen) atoms. The Balaban J connectivity index is 2.32. The Labute approximate surface area is 172 Å². The SMILES string of the molecule is CC/C=C(\C)C(=O)Nc1ccc(OCC(=O)O)cc1C(=O)Nc1ccc(Cl)cn1. The van der Waals surface area contributed by atoms with Gasteiger partial charge in [-0.25, -0.2) is 9.78 Å². The molecule has 152 valence electrons. The zero-order valence-corrected chi connectivity index (χ0v) is 16.6. The largest absolute Gasteiger partial charge is 0.482 e. The molecule has 2 rings (SSSR count). The molecule has 0 saturated carbocycles. The molecule has 2 aromatic rings. The number of rotatable bonds is 8. The number of amides is 2. The van der Waals surface area contributed by atoms with Gasteiger partial charge in [0.05, 0.1) is 16.3 Å². The van der Waals surface area contributed by atoms with Crippen LogP contribution in [-0.4, -0.2) is 34.5 Å². The van der Waals surface area contributed by atoms with Crippen molar-refractivity contribution in [2.24, 2.45) is 0 Å². The number of hydrogen-bond acceptors (Lipinski definition) is 5. The molecule has 0 spiro atoms. The van der Waals surface area contributed by atoms with Crippen molar-refractivity contribution in [3.8, 4) is 5.75 Å². The lowest BCUT2D eigenvalue weighted by atomic mass is 10.1. The van der Waals surface area contributed by atoms with Crippen molar-refractivity contribution in [1.29, 1.82) is 0 Å². The van der Waals surface area contributed by atoms with E-state index in [9.17, 15) is 14.4 Å². The lowest BCUT2D eigenvalue weighted by Crippen LogP contribution is -2.19. The lowest BCUT2D eigenvalue weighted by molar-refractivity contribution is -0.139. The first-order valence-electron chi connectivity index (χ1n) is 8.69. The fraction of sp³-hybridized carbons (Fsp3) is 0.200. The molecular formula is C20H20ClN3O5. The number of benzene rings is 1. The monoisotopic (exact) mass is 417 g/mol. The van der Waals surface area contributed by atoms with Crippen molar-refractivity contribution in [3.05, 3.63) is 58.8 Å². The van der Waals surface area contributed by atoms with Gasteiger partial charge in [0.15, 0.2) is 6.61 Å². The Kier molecular flexibility index (Phi) is 7.73. The molecule has 2 amide bonds. The number of pyridine rings is 1. The normalized spacial score (nSPS) is 10.9. The van der Waals surface area contributed by atoms with Gasteiger partial charge in [-0.3, -0.25) is 9.59 Å².